The van der Waals surface area contributed by atoms with Gasteiger partial charge in [0.05, 0.1) is 31.9 Å². The lowest BCUT2D eigenvalue weighted by molar-refractivity contribution is -0.158. The number of nitrogens with zero attached hydrogens (tertiary/aromatic N) is 4. The van der Waals surface area contributed by atoms with Crippen molar-refractivity contribution in [2.24, 2.45) is 0 Å². The summed E-state index contributed by atoms with van der Waals surface area (Å²) in [4.78, 5) is 73.8. The van der Waals surface area contributed by atoms with Crippen LogP contribution in [-0.4, -0.2) is 145 Å². The number of amides is 1. The maximum absolute atomic E-state index is 13.7. The predicted molar refractivity (Wildman–Crippen MR) is 208 cm³/mol. The molecule has 54 heavy (non-hydrogen) atoms. The lowest BCUT2D eigenvalue weighted by Gasteiger charge is -2.34. The predicted octanol–water partition coefficient (Wildman–Crippen LogP) is 4.10. The molecule has 0 spiro atoms. The molecule has 0 radical (unpaired) electrons. The molecular formula is C41H61N5O8. The number of hydrogen-bond donors (Lipinski definition) is 1. The number of ether oxygens (including phenoxy) is 3. The molecule has 298 valence electrons. The van der Waals surface area contributed by atoms with Crippen LogP contribution in [0.25, 0.3) is 0 Å². The molecule has 0 unspecified atom stereocenters. The Hall–Kier alpha value is -4.17. The maximum Gasteiger partial charge on any atom is 0.320 e. The van der Waals surface area contributed by atoms with Crippen molar-refractivity contribution in [3.05, 3.63) is 65.7 Å². The summed E-state index contributed by atoms with van der Waals surface area (Å²) in [6.45, 7) is 19.9. The second-order valence-electron chi connectivity index (χ2n) is 16.7. The fourth-order valence-corrected chi connectivity index (χ4v) is 5.81. The zero-order valence-corrected chi connectivity index (χ0v) is 33.7. The molecule has 13 heteroatoms. The molecule has 1 aliphatic rings. The van der Waals surface area contributed by atoms with Crippen molar-refractivity contribution in [3.63, 3.8) is 0 Å². The van der Waals surface area contributed by atoms with Crippen LogP contribution < -0.4 is 5.32 Å². The quantitative estimate of drug-likeness (QED) is 0.201. The summed E-state index contributed by atoms with van der Waals surface area (Å²) in [6, 6.07) is 15.8. The van der Waals surface area contributed by atoms with Crippen LogP contribution in [0, 0.1) is 0 Å². The van der Waals surface area contributed by atoms with Crippen LogP contribution in [0.1, 0.15) is 78.2 Å². The van der Waals surface area contributed by atoms with E-state index in [1.807, 2.05) is 88.0 Å². The van der Waals surface area contributed by atoms with Gasteiger partial charge in [-0.05, 0) is 74.4 Å². The highest BCUT2D eigenvalue weighted by Crippen LogP contribution is 2.20. The summed E-state index contributed by atoms with van der Waals surface area (Å²) < 4.78 is 16.9. The number of ketones is 1. The van der Waals surface area contributed by atoms with Gasteiger partial charge in [-0.25, -0.2) is 0 Å². The molecule has 0 atom stereocenters. The minimum absolute atomic E-state index is 0.000808. The van der Waals surface area contributed by atoms with E-state index in [-0.39, 0.29) is 55.8 Å². The molecular weight excluding hydrogens is 690 g/mol. The van der Waals surface area contributed by atoms with Gasteiger partial charge in [0.15, 0.2) is 5.78 Å². The highest BCUT2D eigenvalue weighted by Gasteiger charge is 2.26. The third-order valence-corrected chi connectivity index (χ3v) is 8.10. The summed E-state index contributed by atoms with van der Waals surface area (Å²) in [6.07, 6.45) is 0. The molecule has 1 heterocycles. The second-order valence-corrected chi connectivity index (χ2v) is 16.7. The van der Waals surface area contributed by atoms with Crippen molar-refractivity contribution in [1.82, 2.24) is 19.6 Å². The monoisotopic (exact) mass is 751 g/mol. The first-order valence-electron chi connectivity index (χ1n) is 18.7. The molecule has 1 N–H and O–H groups in total. The van der Waals surface area contributed by atoms with E-state index in [1.165, 1.54) is 0 Å². The van der Waals surface area contributed by atoms with E-state index >= 15 is 0 Å². The number of carbonyl (C=O) groups excluding carboxylic acids is 5. The number of rotatable bonds is 11. The van der Waals surface area contributed by atoms with Gasteiger partial charge >= 0.3 is 17.9 Å². The maximum atomic E-state index is 13.7. The van der Waals surface area contributed by atoms with Gasteiger partial charge in [-0.3, -0.25) is 43.6 Å². The average molecular weight is 752 g/mol. The number of esters is 3. The molecule has 1 fully saturated rings. The van der Waals surface area contributed by atoms with Gasteiger partial charge in [-0.2, -0.15) is 0 Å². The Morgan fingerprint density at radius 2 is 0.833 bits per heavy atom. The van der Waals surface area contributed by atoms with Crippen LogP contribution in [0.5, 0.6) is 0 Å². The number of para-hydroxylation sites is 1. The molecule has 0 bridgehead atoms. The van der Waals surface area contributed by atoms with Gasteiger partial charge in [-0.1, -0.05) is 42.5 Å². The highest BCUT2D eigenvalue weighted by molar-refractivity contribution is 6.13. The summed E-state index contributed by atoms with van der Waals surface area (Å²) in [5, 5.41) is 2.95. The fraction of sp³-hybridized carbons (Fsp3) is 0.585. The number of nitrogens with one attached hydrogen (secondary N) is 1. The minimum Gasteiger partial charge on any atom is -0.459 e. The third kappa shape index (κ3) is 17.3. The standard InChI is InChI=1S/C41H61N5O8/c1-39(2,3)52-35(48)28-44-21-19-43(27-34(47)42-33-18-14-13-17-32(33)38(51)31-15-11-10-12-16-31)20-22-45(29-36(49)53-40(4,5)6)24-26-46(25-23-44)30-37(50)54-41(7,8)9/h10-18H,19-30H2,1-9H3,(H,42,47). The lowest BCUT2D eigenvalue weighted by atomic mass is 10.0. The van der Waals surface area contributed by atoms with Crippen LogP contribution in [-0.2, 0) is 33.4 Å². The second kappa shape index (κ2) is 19.9. The Labute approximate surface area is 321 Å². The lowest BCUT2D eigenvalue weighted by Crippen LogP contribution is -2.50. The third-order valence-electron chi connectivity index (χ3n) is 8.10. The summed E-state index contributed by atoms with van der Waals surface area (Å²) in [5.74, 6) is -1.62. The Morgan fingerprint density at radius 3 is 1.20 bits per heavy atom. The molecule has 0 aliphatic carbocycles. The van der Waals surface area contributed by atoms with Gasteiger partial charge in [0.2, 0.25) is 5.91 Å². The Morgan fingerprint density at radius 1 is 0.500 bits per heavy atom. The van der Waals surface area contributed by atoms with Crippen molar-refractivity contribution in [1.29, 1.82) is 0 Å². The van der Waals surface area contributed by atoms with Crippen molar-refractivity contribution < 1.29 is 38.2 Å². The first kappa shape index (κ1) is 44.2. The normalized spacial score (nSPS) is 16.4. The van der Waals surface area contributed by atoms with E-state index in [9.17, 15) is 24.0 Å². The van der Waals surface area contributed by atoms with Gasteiger partial charge in [-0.15, -0.1) is 0 Å². The average Bonchev–Trinajstić information content (AvgIpc) is 3.03. The van der Waals surface area contributed by atoms with Gasteiger partial charge < -0.3 is 19.5 Å². The summed E-state index contributed by atoms with van der Waals surface area (Å²) in [5.41, 5.74) is -0.659. The topological polar surface area (TPSA) is 138 Å². The van der Waals surface area contributed by atoms with E-state index in [1.54, 1.807) is 48.5 Å². The van der Waals surface area contributed by atoms with Gasteiger partial charge in [0, 0.05) is 63.5 Å². The van der Waals surface area contributed by atoms with E-state index < -0.39 is 16.8 Å². The molecule has 1 aliphatic heterocycles. The molecule has 0 saturated carbocycles. The summed E-state index contributed by atoms with van der Waals surface area (Å²) >= 11 is 0. The molecule has 1 saturated heterocycles. The summed E-state index contributed by atoms with van der Waals surface area (Å²) in [7, 11) is 0. The van der Waals surface area contributed by atoms with Crippen molar-refractivity contribution in [2.45, 2.75) is 79.1 Å². The minimum atomic E-state index is -0.660. The zero-order chi connectivity index (χ0) is 40.1. The van der Waals surface area contributed by atoms with Crippen molar-refractivity contribution >= 4 is 35.3 Å². The van der Waals surface area contributed by atoms with E-state index in [2.05, 4.69) is 5.32 Å². The molecule has 2 aromatic carbocycles. The highest BCUT2D eigenvalue weighted by atomic mass is 16.6. The Bertz CT molecular complexity index is 1520. The SMILES string of the molecule is CC(C)(C)OC(=O)CN1CCN(CC(=O)Nc2ccccc2C(=O)c2ccccc2)CCN(CC(=O)OC(C)(C)C)CCN(CC(=O)OC(C)(C)C)CC1. The largest absolute Gasteiger partial charge is 0.459 e. The van der Waals surface area contributed by atoms with Crippen LogP contribution in [0.2, 0.25) is 0 Å². The molecule has 13 nitrogen and oxygen atoms in total. The number of hydrogen-bond acceptors (Lipinski definition) is 12. The molecule has 2 aromatic rings. The number of benzene rings is 2. The first-order valence-corrected chi connectivity index (χ1v) is 18.7. The van der Waals surface area contributed by atoms with E-state index in [4.69, 9.17) is 14.2 Å². The fourth-order valence-electron chi connectivity index (χ4n) is 5.81. The van der Waals surface area contributed by atoms with E-state index in [0.29, 0.717) is 69.2 Å². The van der Waals surface area contributed by atoms with Crippen LogP contribution >= 0.6 is 0 Å². The van der Waals surface area contributed by atoms with Gasteiger partial charge in [0.1, 0.15) is 16.8 Å². The number of carbonyl (C=O) groups is 5. The molecule has 0 aromatic heterocycles. The smallest absolute Gasteiger partial charge is 0.320 e. The molecule has 3 rings (SSSR count). The van der Waals surface area contributed by atoms with Crippen LogP contribution in [0.3, 0.4) is 0 Å². The Kier molecular flexibility index (Phi) is 16.3. The van der Waals surface area contributed by atoms with Crippen molar-refractivity contribution in [2.75, 3.05) is 83.9 Å². The van der Waals surface area contributed by atoms with E-state index in [0.717, 1.165) is 0 Å². The Balaban J connectivity index is 1.85. The van der Waals surface area contributed by atoms with Gasteiger partial charge in [0.25, 0.3) is 0 Å². The van der Waals surface area contributed by atoms with Crippen LogP contribution in [0.4, 0.5) is 5.69 Å². The van der Waals surface area contributed by atoms with Crippen LogP contribution in [0.15, 0.2) is 54.6 Å². The zero-order valence-electron chi connectivity index (χ0n) is 33.7. The van der Waals surface area contributed by atoms with Crippen molar-refractivity contribution in [3.8, 4) is 0 Å². The first-order chi connectivity index (χ1) is 25.2. The number of anilines is 1. The molecule has 1 amide bonds.